The fourth-order valence-corrected chi connectivity index (χ4v) is 2.07. The van der Waals surface area contributed by atoms with E-state index in [1.807, 2.05) is 6.07 Å². The number of aromatic hydroxyl groups is 1. The lowest BCUT2D eigenvalue weighted by Gasteiger charge is -2.23. The van der Waals surface area contributed by atoms with Crippen molar-refractivity contribution >= 4 is 0 Å². The molecule has 0 bridgehead atoms. The summed E-state index contributed by atoms with van der Waals surface area (Å²) >= 11 is 0. The minimum absolute atomic E-state index is 0.0296. The van der Waals surface area contributed by atoms with Crippen LogP contribution < -0.4 is 5.73 Å². The molecule has 0 unspecified atom stereocenters. The van der Waals surface area contributed by atoms with Gasteiger partial charge in [0.15, 0.2) is 0 Å². The van der Waals surface area contributed by atoms with E-state index in [0.717, 1.165) is 17.5 Å². The van der Waals surface area contributed by atoms with E-state index in [2.05, 4.69) is 33.8 Å². The van der Waals surface area contributed by atoms with E-state index in [0.29, 0.717) is 12.3 Å². The molecule has 0 atom stereocenters. The van der Waals surface area contributed by atoms with Gasteiger partial charge in [0.25, 0.3) is 0 Å². The first kappa shape index (κ1) is 14.0. The van der Waals surface area contributed by atoms with Gasteiger partial charge >= 0.3 is 0 Å². The molecule has 0 aliphatic heterocycles. The predicted molar refractivity (Wildman–Crippen MR) is 73.3 cm³/mol. The fraction of sp³-hybridized carbons (Fsp3) is 0.600. The van der Waals surface area contributed by atoms with Gasteiger partial charge in [0.1, 0.15) is 5.75 Å². The number of benzene rings is 1. The van der Waals surface area contributed by atoms with E-state index in [1.54, 1.807) is 0 Å². The van der Waals surface area contributed by atoms with Crippen molar-refractivity contribution < 1.29 is 5.11 Å². The molecule has 1 aromatic carbocycles. The van der Waals surface area contributed by atoms with Gasteiger partial charge < -0.3 is 10.8 Å². The third kappa shape index (κ3) is 3.47. The largest absolute Gasteiger partial charge is 0.508 e. The highest BCUT2D eigenvalue weighted by Crippen LogP contribution is 2.33. The zero-order chi connectivity index (χ0) is 13.1. The minimum Gasteiger partial charge on any atom is -0.508 e. The molecule has 0 aliphatic rings. The third-order valence-corrected chi connectivity index (χ3v) is 3.15. The molecule has 1 rings (SSSR count). The van der Waals surface area contributed by atoms with E-state index in [1.165, 1.54) is 18.4 Å². The van der Waals surface area contributed by atoms with E-state index in [4.69, 9.17) is 5.73 Å². The summed E-state index contributed by atoms with van der Waals surface area (Å²) in [6.07, 6.45) is 3.39. The number of hydrogen-bond donors (Lipinski definition) is 2. The Bertz CT molecular complexity index is 377. The molecule has 0 fully saturated rings. The van der Waals surface area contributed by atoms with Crippen LogP contribution in [0.4, 0.5) is 0 Å². The van der Waals surface area contributed by atoms with Crippen molar-refractivity contribution in [1.82, 2.24) is 0 Å². The maximum atomic E-state index is 10.1. The van der Waals surface area contributed by atoms with E-state index < -0.39 is 0 Å². The Morgan fingerprint density at radius 1 is 1.18 bits per heavy atom. The molecule has 0 heterocycles. The van der Waals surface area contributed by atoms with Crippen LogP contribution in [0.15, 0.2) is 12.1 Å². The van der Waals surface area contributed by atoms with Crippen LogP contribution in [-0.4, -0.2) is 5.11 Å². The molecule has 17 heavy (non-hydrogen) atoms. The molecule has 3 N–H and O–H groups in total. The highest BCUT2D eigenvalue weighted by Gasteiger charge is 2.19. The first-order valence-electron chi connectivity index (χ1n) is 6.45. The van der Waals surface area contributed by atoms with Gasteiger partial charge in [-0.1, -0.05) is 40.2 Å². The molecule has 0 aromatic heterocycles. The molecular formula is C15H25NO. The topological polar surface area (TPSA) is 46.2 Å². The van der Waals surface area contributed by atoms with Gasteiger partial charge in [-0.15, -0.1) is 0 Å². The number of unbranched alkanes of at least 4 members (excludes halogenated alkanes) is 1. The van der Waals surface area contributed by atoms with Gasteiger partial charge in [-0.2, -0.15) is 0 Å². The molecular weight excluding hydrogens is 210 g/mol. The highest BCUT2D eigenvalue weighted by atomic mass is 16.3. The molecule has 1 aromatic rings. The Morgan fingerprint density at radius 3 is 2.29 bits per heavy atom. The van der Waals surface area contributed by atoms with Crippen molar-refractivity contribution in [3.8, 4) is 5.75 Å². The van der Waals surface area contributed by atoms with Crippen LogP contribution in [-0.2, 0) is 18.4 Å². The zero-order valence-corrected chi connectivity index (χ0v) is 11.5. The Hall–Kier alpha value is -1.02. The van der Waals surface area contributed by atoms with Gasteiger partial charge in [0.2, 0.25) is 0 Å². The normalized spacial score (nSPS) is 11.8. The Labute approximate surface area is 105 Å². The zero-order valence-electron chi connectivity index (χ0n) is 11.5. The van der Waals surface area contributed by atoms with E-state index in [9.17, 15) is 5.11 Å². The smallest absolute Gasteiger partial charge is 0.119 e. The molecule has 2 nitrogen and oxygen atoms in total. The quantitative estimate of drug-likeness (QED) is 0.839. The number of nitrogens with two attached hydrogens (primary N) is 1. The summed E-state index contributed by atoms with van der Waals surface area (Å²) in [5.74, 6) is 0.373. The summed E-state index contributed by atoms with van der Waals surface area (Å²) in [7, 11) is 0. The number of aryl methyl sites for hydroxylation is 1. The third-order valence-electron chi connectivity index (χ3n) is 3.15. The van der Waals surface area contributed by atoms with Gasteiger partial charge in [0.05, 0.1) is 0 Å². The minimum atomic E-state index is -0.0296. The maximum Gasteiger partial charge on any atom is 0.119 e. The highest BCUT2D eigenvalue weighted by molar-refractivity contribution is 5.45. The molecule has 0 saturated heterocycles. The molecule has 0 saturated carbocycles. The van der Waals surface area contributed by atoms with Crippen molar-refractivity contribution in [1.29, 1.82) is 0 Å². The summed E-state index contributed by atoms with van der Waals surface area (Å²) < 4.78 is 0. The van der Waals surface area contributed by atoms with E-state index >= 15 is 0 Å². The first-order valence-corrected chi connectivity index (χ1v) is 6.45. The van der Waals surface area contributed by atoms with Crippen molar-refractivity contribution in [3.63, 3.8) is 0 Å². The van der Waals surface area contributed by atoms with Crippen LogP contribution in [0, 0.1) is 0 Å². The predicted octanol–water partition coefficient (Wildman–Crippen LogP) is 3.49. The summed E-state index contributed by atoms with van der Waals surface area (Å²) in [5.41, 5.74) is 9.09. The molecule has 0 spiro atoms. The first-order chi connectivity index (χ1) is 7.90. The second kappa shape index (κ2) is 5.54. The van der Waals surface area contributed by atoms with Gasteiger partial charge in [-0.25, -0.2) is 0 Å². The van der Waals surface area contributed by atoms with Gasteiger partial charge in [0, 0.05) is 6.54 Å². The number of phenolic OH excluding ortho intramolecular Hbond substituents is 1. The summed E-state index contributed by atoms with van der Waals surface area (Å²) in [6, 6.07) is 3.97. The van der Waals surface area contributed by atoms with Crippen LogP contribution in [0.1, 0.15) is 57.2 Å². The molecule has 0 radical (unpaired) electrons. The Morgan fingerprint density at radius 2 is 1.82 bits per heavy atom. The second-order valence-corrected chi connectivity index (χ2v) is 5.70. The number of rotatable bonds is 4. The molecule has 0 amide bonds. The van der Waals surface area contributed by atoms with Crippen LogP contribution in [0.5, 0.6) is 5.75 Å². The summed E-state index contributed by atoms with van der Waals surface area (Å²) in [5, 5.41) is 10.1. The molecule has 96 valence electrons. The van der Waals surface area contributed by atoms with Crippen molar-refractivity contribution in [3.05, 3.63) is 28.8 Å². The standard InChI is InChI=1S/C15H25NO/c1-5-6-7-11-8-13(15(2,3)4)14(17)9-12(11)10-16/h8-9,17H,5-7,10,16H2,1-4H3. The fourth-order valence-electron chi connectivity index (χ4n) is 2.07. The second-order valence-electron chi connectivity index (χ2n) is 5.70. The summed E-state index contributed by atoms with van der Waals surface area (Å²) in [6.45, 7) is 9.04. The molecule has 2 heteroatoms. The average Bonchev–Trinajstić information content (AvgIpc) is 2.25. The van der Waals surface area contributed by atoms with Gasteiger partial charge in [-0.3, -0.25) is 0 Å². The monoisotopic (exact) mass is 235 g/mol. The van der Waals surface area contributed by atoms with Crippen LogP contribution in [0.2, 0.25) is 0 Å². The lowest BCUT2D eigenvalue weighted by molar-refractivity contribution is 0.445. The Balaban J connectivity index is 3.18. The van der Waals surface area contributed by atoms with E-state index in [-0.39, 0.29) is 5.41 Å². The van der Waals surface area contributed by atoms with Crippen molar-refractivity contribution in [2.45, 2.75) is 58.9 Å². The SMILES string of the molecule is CCCCc1cc(C(C)(C)C)c(O)cc1CN. The lowest BCUT2D eigenvalue weighted by atomic mass is 9.83. The Kier molecular flexibility index (Phi) is 4.58. The lowest BCUT2D eigenvalue weighted by Crippen LogP contribution is -2.13. The van der Waals surface area contributed by atoms with Crippen molar-refractivity contribution in [2.24, 2.45) is 5.73 Å². The van der Waals surface area contributed by atoms with Crippen LogP contribution in [0.25, 0.3) is 0 Å². The van der Waals surface area contributed by atoms with Gasteiger partial charge in [-0.05, 0) is 41.0 Å². The molecule has 0 aliphatic carbocycles. The number of phenols is 1. The number of hydrogen-bond acceptors (Lipinski definition) is 2. The van der Waals surface area contributed by atoms with Crippen LogP contribution >= 0.6 is 0 Å². The summed E-state index contributed by atoms with van der Waals surface area (Å²) in [4.78, 5) is 0. The van der Waals surface area contributed by atoms with Crippen molar-refractivity contribution in [2.75, 3.05) is 0 Å². The van der Waals surface area contributed by atoms with Crippen LogP contribution in [0.3, 0.4) is 0 Å². The maximum absolute atomic E-state index is 10.1. The average molecular weight is 235 g/mol.